The van der Waals surface area contributed by atoms with Gasteiger partial charge in [0.15, 0.2) is 0 Å². The van der Waals surface area contributed by atoms with Crippen LogP contribution < -0.4 is 15.0 Å². The van der Waals surface area contributed by atoms with E-state index in [9.17, 15) is 18.4 Å². The number of aryl methyl sites for hydroxylation is 1. The van der Waals surface area contributed by atoms with Crippen LogP contribution in [0.5, 0.6) is 11.5 Å². The molecule has 0 radical (unpaired) electrons. The Bertz CT molecular complexity index is 940. The van der Waals surface area contributed by atoms with Crippen molar-refractivity contribution in [2.75, 3.05) is 11.9 Å². The van der Waals surface area contributed by atoms with Crippen LogP contribution in [0.15, 0.2) is 36.4 Å². The van der Waals surface area contributed by atoms with Crippen molar-refractivity contribution in [3.05, 3.63) is 53.1 Å². The number of hydrogen-bond donors (Lipinski definition) is 1. The summed E-state index contributed by atoms with van der Waals surface area (Å²) < 4.78 is 33.3. The van der Waals surface area contributed by atoms with E-state index < -0.39 is 6.43 Å². The zero-order chi connectivity index (χ0) is 21.8. The third-order valence-corrected chi connectivity index (χ3v) is 5.43. The van der Waals surface area contributed by atoms with E-state index in [0.717, 1.165) is 25.7 Å². The molecule has 7 heteroatoms. The smallest absolute Gasteiger partial charge is 0.267 e. The normalized spacial score (nSPS) is 14.1. The largest absolute Gasteiger partial charge is 0.457 e. The molecule has 30 heavy (non-hydrogen) atoms. The molecule has 2 aromatic carbocycles. The molecule has 1 fully saturated rings. The maximum Gasteiger partial charge on any atom is 0.267 e. The van der Waals surface area contributed by atoms with E-state index in [2.05, 4.69) is 5.32 Å². The first kappa shape index (κ1) is 21.7. The van der Waals surface area contributed by atoms with E-state index in [0.29, 0.717) is 22.6 Å². The maximum absolute atomic E-state index is 13.8. The summed E-state index contributed by atoms with van der Waals surface area (Å²) >= 11 is 0. The first-order valence-electron chi connectivity index (χ1n) is 10.0. The van der Waals surface area contributed by atoms with Gasteiger partial charge in [-0.25, -0.2) is 8.78 Å². The minimum Gasteiger partial charge on any atom is -0.457 e. The number of hydrogen-bond acceptors (Lipinski definition) is 3. The third-order valence-electron chi connectivity index (χ3n) is 5.43. The van der Waals surface area contributed by atoms with Gasteiger partial charge in [0, 0.05) is 31.3 Å². The highest BCUT2D eigenvalue weighted by molar-refractivity contribution is 5.95. The number of ether oxygens (including phenoxy) is 1. The second-order valence-corrected chi connectivity index (χ2v) is 7.51. The number of amides is 2. The van der Waals surface area contributed by atoms with Gasteiger partial charge in [0.1, 0.15) is 11.5 Å². The lowest BCUT2D eigenvalue weighted by molar-refractivity contribution is -0.117. The fourth-order valence-electron chi connectivity index (χ4n) is 3.98. The molecule has 0 aromatic heterocycles. The van der Waals surface area contributed by atoms with Gasteiger partial charge in [0.25, 0.3) is 12.3 Å². The zero-order valence-electron chi connectivity index (χ0n) is 17.4. The van der Waals surface area contributed by atoms with E-state index in [1.165, 1.54) is 19.1 Å². The fraction of sp³-hybridized carbons (Fsp3) is 0.391. The molecule has 1 N–H and O–H groups in total. The van der Waals surface area contributed by atoms with Crippen LogP contribution in [0.2, 0.25) is 0 Å². The summed E-state index contributed by atoms with van der Waals surface area (Å²) in [7, 11) is 1.54. The third kappa shape index (κ3) is 4.61. The van der Waals surface area contributed by atoms with Crippen molar-refractivity contribution in [1.82, 2.24) is 5.32 Å². The number of rotatable bonds is 6. The summed E-state index contributed by atoms with van der Waals surface area (Å²) in [5.41, 5.74) is 1.35. The Morgan fingerprint density at radius 1 is 1.13 bits per heavy atom. The topological polar surface area (TPSA) is 58.6 Å². The van der Waals surface area contributed by atoms with Crippen molar-refractivity contribution in [2.24, 2.45) is 0 Å². The van der Waals surface area contributed by atoms with Crippen LogP contribution in [0.3, 0.4) is 0 Å². The van der Waals surface area contributed by atoms with Crippen molar-refractivity contribution in [3.8, 4) is 11.5 Å². The molecule has 1 aliphatic carbocycles. The summed E-state index contributed by atoms with van der Waals surface area (Å²) in [4.78, 5) is 25.7. The molecule has 0 atom stereocenters. The van der Waals surface area contributed by atoms with Gasteiger partial charge < -0.3 is 15.0 Å². The number of anilines is 1. The van der Waals surface area contributed by atoms with Crippen molar-refractivity contribution >= 4 is 17.5 Å². The van der Waals surface area contributed by atoms with Crippen molar-refractivity contribution in [2.45, 2.75) is 52.0 Å². The molecule has 2 aromatic rings. The standard InChI is InChI=1S/C23H26F2N2O3/c1-14-12-18(9-10-19(14)23(29)26-3)30-21-11-8-17(13-20(21)22(24)25)27(15(2)28)16-6-4-5-7-16/h8-13,16,22H,4-7H2,1-3H3,(H,26,29). The Balaban J connectivity index is 1.91. The number of nitrogens with one attached hydrogen (secondary N) is 1. The highest BCUT2D eigenvalue weighted by Crippen LogP contribution is 2.37. The quantitative estimate of drug-likeness (QED) is 0.688. The highest BCUT2D eigenvalue weighted by atomic mass is 19.3. The van der Waals surface area contributed by atoms with Crippen LogP contribution in [0, 0.1) is 6.92 Å². The van der Waals surface area contributed by atoms with Crippen molar-refractivity contribution in [1.29, 1.82) is 0 Å². The van der Waals surface area contributed by atoms with Gasteiger partial charge in [-0.3, -0.25) is 9.59 Å². The molecule has 0 heterocycles. The summed E-state index contributed by atoms with van der Waals surface area (Å²) in [5.74, 6) is -0.00565. The van der Waals surface area contributed by atoms with E-state index in [-0.39, 0.29) is 29.2 Å². The molecule has 0 bridgehead atoms. The van der Waals surface area contributed by atoms with Gasteiger partial charge in [-0.1, -0.05) is 12.8 Å². The average Bonchev–Trinajstić information content (AvgIpc) is 3.22. The number of benzene rings is 2. The summed E-state index contributed by atoms with van der Waals surface area (Å²) in [5, 5.41) is 2.55. The van der Waals surface area contributed by atoms with E-state index in [4.69, 9.17) is 4.74 Å². The highest BCUT2D eigenvalue weighted by Gasteiger charge is 2.27. The van der Waals surface area contributed by atoms with Crippen LogP contribution in [-0.2, 0) is 4.79 Å². The first-order valence-corrected chi connectivity index (χ1v) is 10.0. The second-order valence-electron chi connectivity index (χ2n) is 7.51. The van der Waals surface area contributed by atoms with E-state index in [1.807, 2.05) is 0 Å². The minimum atomic E-state index is -2.76. The predicted molar refractivity (Wildman–Crippen MR) is 111 cm³/mol. The van der Waals surface area contributed by atoms with Crippen LogP contribution in [0.25, 0.3) is 0 Å². The second kappa shape index (κ2) is 9.24. The van der Waals surface area contributed by atoms with Crippen LogP contribution in [-0.4, -0.2) is 24.9 Å². The zero-order valence-corrected chi connectivity index (χ0v) is 17.4. The molecule has 2 amide bonds. The number of alkyl halides is 2. The average molecular weight is 416 g/mol. The Kier molecular flexibility index (Phi) is 6.70. The van der Waals surface area contributed by atoms with Crippen molar-refractivity contribution < 1.29 is 23.1 Å². The molecule has 1 aliphatic rings. The first-order chi connectivity index (χ1) is 14.3. The van der Waals surface area contributed by atoms with Crippen molar-refractivity contribution in [3.63, 3.8) is 0 Å². The molecule has 0 saturated heterocycles. The Hall–Kier alpha value is -2.96. The van der Waals surface area contributed by atoms with Crippen LogP contribution in [0.4, 0.5) is 14.5 Å². The molecule has 5 nitrogen and oxygen atoms in total. The lowest BCUT2D eigenvalue weighted by Gasteiger charge is -2.28. The van der Waals surface area contributed by atoms with Gasteiger partial charge >= 0.3 is 0 Å². The Morgan fingerprint density at radius 2 is 1.83 bits per heavy atom. The van der Waals surface area contributed by atoms with E-state index in [1.54, 1.807) is 43.1 Å². The Labute approximate surface area is 175 Å². The molecule has 1 saturated carbocycles. The molecule has 0 aliphatic heterocycles. The predicted octanol–water partition coefficient (Wildman–Crippen LogP) is 5.38. The molecule has 3 rings (SSSR count). The summed E-state index contributed by atoms with van der Waals surface area (Å²) in [6.45, 7) is 3.21. The lowest BCUT2D eigenvalue weighted by Crippen LogP contribution is -2.37. The van der Waals surface area contributed by atoms with Gasteiger partial charge in [-0.15, -0.1) is 0 Å². The Morgan fingerprint density at radius 3 is 2.40 bits per heavy atom. The molecule has 0 spiro atoms. The van der Waals surface area contributed by atoms with Gasteiger partial charge in [0.2, 0.25) is 5.91 Å². The summed E-state index contributed by atoms with van der Waals surface area (Å²) in [6, 6.07) is 9.30. The van der Waals surface area contributed by atoms with Crippen LogP contribution in [0.1, 0.15) is 60.5 Å². The number of carbonyl (C=O) groups excluding carboxylic acids is 2. The maximum atomic E-state index is 13.8. The van der Waals surface area contributed by atoms with Gasteiger partial charge in [-0.2, -0.15) is 0 Å². The van der Waals surface area contributed by atoms with Gasteiger partial charge in [0.05, 0.1) is 5.56 Å². The monoisotopic (exact) mass is 416 g/mol. The van der Waals surface area contributed by atoms with Crippen LogP contribution >= 0.6 is 0 Å². The number of nitrogens with zero attached hydrogens (tertiary/aromatic N) is 1. The molecular formula is C23H26F2N2O3. The summed E-state index contributed by atoms with van der Waals surface area (Å²) in [6.07, 6.45) is 1.05. The lowest BCUT2D eigenvalue weighted by atomic mass is 10.1. The van der Waals surface area contributed by atoms with E-state index >= 15 is 0 Å². The molecular weight excluding hydrogens is 390 g/mol. The molecule has 0 unspecified atom stereocenters. The van der Waals surface area contributed by atoms with Gasteiger partial charge in [-0.05, 0) is 61.7 Å². The number of carbonyl (C=O) groups is 2. The fourth-order valence-corrected chi connectivity index (χ4v) is 3.98. The minimum absolute atomic E-state index is 0.0239. The number of halogens is 2. The molecule has 160 valence electrons. The SMILES string of the molecule is CNC(=O)c1ccc(Oc2ccc(N(C(C)=O)C3CCCC3)cc2C(F)F)cc1C.